The third kappa shape index (κ3) is 3.08. The van der Waals surface area contributed by atoms with Crippen molar-refractivity contribution >= 4 is 33.1 Å². The molecule has 5 nitrogen and oxygen atoms in total. The van der Waals surface area contributed by atoms with Crippen molar-refractivity contribution in [2.45, 2.75) is 10.3 Å². The molecule has 3 rings (SSSR count). The number of hydrogen-bond donors (Lipinski definition) is 0. The molecule has 0 radical (unpaired) electrons. The molecular formula is C15H17NO4S3. The summed E-state index contributed by atoms with van der Waals surface area (Å²) in [5.41, 5.74) is 1.02. The van der Waals surface area contributed by atoms with Gasteiger partial charge in [-0.05, 0) is 34.5 Å². The first-order valence-corrected chi connectivity index (χ1v) is 10.4. The SMILES string of the molecule is COc1ccc(OC)c(S(=O)(=O)N2CCS[C@@H]2c2ccsc2)c1. The van der Waals surface area contributed by atoms with Gasteiger partial charge < -0.3 is 9.47 Å². The van der Waals surface area contributed by atoms with E-state index in [4.69, 9.17) is 9.47 Å². The molecular weight excluding hydrogens is 354 g/mol. The largest absolute Gasteiger partial charge is 0.497 e. The van der Waals surface area contributed by atoms with Crippen LogP contribution in [0, 0.1) is 0 Å². The van der Waals surface area contributed by atoms with Crippen LogP contribution in [0.5, 0.6) is 11.5 Å². The minimum atomic E-state index is -3.68. The van der Waals surface area contributed by atoms with Crippen molar-refractivity contribution < 1.29 is 17.9 Å². The number of sulfonamides is 1. The Morgan fingerprint density at radius 3 is 2.70 bits per heavy atom. The van der Waals surface area contributed by atoms with Gasteiger partial charge in [-0.2, -0.15) is 15.6 Å². The van der Waals surface area contributed by atoms with E-state index in [-0.39, 0.29) is 10.3 Å². The molecule has 8 heteroatoms. The van der Waals surface area contributed by atoms with Crippen molar-refractivity contribution in [3.63, 3.8) is 0 Å². The van der Waals surface area contributed by atoms with E-state index in [0.29, 0.717) is 18.0 Å². The van der Waals surface area contributed by atoms with Gasteiger partial charge in [0.05, 0.1) is 19.6 Å². The van der Waals surface area contributed by atoms with E-state index >= 15 is 0 Å². The Bertz CT molecular complexity index is 774. The van der Waals surface area contributed by atoms with Crippen molar-refractivity contribution in [1.29, 1.82) is 0 Å². The summed E-state index contributed by atoms with van der Waals surface area (Å²) in [6.07, 6.45) is 0. The third-order valence-electron chi connectivity index (χ3n) is 3.63. The van der Waals surface area contributed by atoms with Crippen LogP contribution in [-0.2, 0) is 10.0 Å². The molecule has 0 N–H and O–H groups in total. The third-order valence-corrected chi connectivity index (χ3v) is 7.62. The number of methoxy groups -OCH3 is 2. The summed E-state index contributed by atoms with van der Waals surface area (Å²) in [5, 5.41) is 3.77. The second-order valence-electron chi connectivity index (χ2n) is 4.91. The zero-order valence-electron chi connectivity index (χ0n) is 12.8. The van der Waals surface area contributed by atoms with E-state index in [1.54, 1.807) is 35.2 Å². The number of thiophene rings is 1. The standard InChI is InChI=1S/C15H17NO4S3/c1-19-12-3-4-13(20-2)14(9-12)23(17,18)16-6-8-22-15(16)11-5-7-21-10-11/h3-5,7,9-10,15H,6,8H2,1-2H3/t15-/m1/s1. The lowest BCUT2D eigenvalue weighted by atomic mass is 10.3. The molecule has 2 aromatic rings. The number of hydrogen-bond acceptors (Lipinski definition) is 6. The highest BCUT2D eigenvalue weighted by Crippen LogP contribution is 2.43. The van der Waals surface area contributed by atoms with Crippen molar-refractivity contribution in [2.75, 3.05) is 26.5 Å². The van der Waals surface area contributed by atoms with Crippen LogP contribution in [-0.4, -0.2) is 39.2 Å². The zero-order valence-corrected chi connectivity index (χ0v) is 15.2. The second kappa shape index (κ2) is 6.72. The Kier molecular flexibility index (Phi) is 4.86. The monoisotopic (exact) mass is 371 g/mol. The summed E-state index contributed by atoms with van der Waals surface area (Å²) in [5.74, 6) is 1.58. The van der Waals surface area contributed by atoms with E-state index in [1.807, 2.05) is 16.8 Å². The molecule has 0 amide bonds. The lowest BCUT2D eigenvalue weighted by Gasteiger charge is -2.23. The Morgan fingerprint density at radius 1 is 1.22 bits per heavy atom. The minimum absolute atomic E-state index is 0.141. The number of ether oxygens (including phenoxy) is 2. The van der Waals surface area contributed by atoms with Gasteiger partial charge in [-0.25, -0.2) is 8.42 Å². The van der Waals surface area contributed by atoms with Crippen LogP contribution >= 0.6 is 23.1 Å². The normalized spacial score (nSPS) is 19.0. The summed E-state index contributed by atoms with van der Waals surface area (Å²) in [6.45, 7) is 0.480. The predicted octanol–water partition coefficient (Wildman–Crippen LogP) is 3.20. The van der Waals surface area contributed by atoms with Gasteiger partial charge in [0.25, 0.3) is 0 Å². The Hall–Kier alpha value is -1.22. The highest BCUT2D eigenvalue weighted by molar-refractivity contribution is 8.01. The molecule has 1 aromatic heterocycles. The van der Waals surface area contributed by atoms with Crippen LogP contribution in [0.1, 0.15) is 10.9 Å². The van der Waals surface area contributed by atoms with Crippen LogP contribution < -0.4 is 9.47 Å². The van der Waals surface area contributed by atoms with Gasteiger partial charge in [0.15, 0.2) is 0 Å². The van der Waals surface area contributed by atoms with Gasteiger partial charge in [-0.15, -0.1) is 11.8 Å². The molecule has 0 saturated carbocycles. The van der Waals surface area contributed by atoms with E-state index in [0.717, 1.165) is 11.3 Å². The average Bonchev–Trinajstić information content (AvgIpc) is 3.24. The molecule has 1 saturated heterocycles. The summed E-state index contributed by atoms with van der Waals surface area (Å²) in [4.78, 5) is 0.141. The summed E-state index contributed by atoms with van der Waals surface area (Å²) in [6, 6.07) is 6.79. The molecule has 1 aliphatic heterocycles. The van der Waals surface area contributed by atoms with Crippen LogP contribution in [0.2, 0.25) is 0 Å². The maximum Gasteiger partial charge on any atom is 0.248 e. The molecule has 1 atom stereocenters. The number of benzene rings is 1. The van der Waals surface area contributed by atoms with Crippen LogP contribution in [0.3, 0.4) is 0 Å². The molecule has 0 unspecified atom stereocenters. The van der Waals surface area contributed by atoms with Gasteiger partial charge in [0.1, 0.15) is 16.4 Å². The lowest BCUT2D eigenvalue weighted by molar-refractivity contribution is 0.385. The Labute approximate surface area is 144 Å². The minimum Gasteiger partial charge on any atom is -0.497 e. The second-order valence-corrected chi connectivity index (χ2v) is 8.74. The Balaban J connectivity index is 2.04. The Morgan fingerprint density at radius 2 is 2.04 bits per heavy atom. The number of thioether (sulfide) groups is 1. The molecule has 0 aliphatic carbocycles. The number of rotatable bonds is 5. The fraction of sp³-hybridized carbons (Fsp3) is 0.333. The molecule has 23 heavy (non-hydrogen) atoms. The fourth-order valence-corrected chi connectivity index (χ4v) is 6.66. The van der Waals surface area contributed by atoms with Gasteiger partial charge in [-0.3, -0.25) is 0 Å². The van der Waals surface area contributed by atoms with Crippen molar-refractivity contribution in [3.8, 4) is 11.5 Å². The zero-order chi connectivity index (χ0) is 16.4. The van der Waals surface area contributed by atoms with Crippen molar-refractivity contribution in [1.82, 2.24) is 4.31 Å². The van der Waals surface area contributed by atoms with Crippen LogP contribution in [0.4, 0.5) is 0 Å². The van der Waals surface area contributed by atoms with Gasteiger partial charge >= 0.3 is 0 Å². The van der Waals surface area contributed by atoms with E-state index in [9.17, 15) is 8.42 Å². The molecule has 0 spiro atoms. The molecule has 124 valence electrons. The summed E-state index contributed by atoms with van der Waals surface area (Å²) >= 11 is 3.20. The first-order valence-electron chi connectivity index (χ1n) is 6.95. The smallest absolute Gasteiger partial charge is 0.248 e. The molecule has 1 aromatic carbocycles. The number of nitrogens with zero attached hydrogens (tertiary/aromatic N) is 1. The van der Waals surface area contributed by atoms with Crippen LogP contribution in [0.25, 0.3) is 0 Å². The first kappa shape index (κ1) is 16.6. The summed E-state index contributed by atoms with van der Waals surface area (Å²) < 4.78 is 38.3. The van der Waals surface area contributed by atoms with E-state index in [1.165, 1.54) is 24.6 Å². The lowest BCUT2D eigenvalue weighted by Crippen LogP contribution is -2.30. The van der Waals surface area contributed by atoms with E-state index < -0.39 is 10.0 Å². The molecule has 1 aliphatic rings. The fourth-order valence-electron chi connectivity index (χ4n) is 2.49. The maximum absolute atomic E-state index is 13.2. The quantitative estimate of drug-likeness (QED) is 0.808. The predicted molar refractivity (Wildman–Crippen MR) is 93.0 cm³/mol. The topological polar surface area (TPSA) is 55.8 Å². The highest BCUT2D eigenvalue weighted by Gasteiger charge is 2.38. The molecule has 1 fully saturated rings. The average molecular weight is 372 g/mol. The molecule has 0 bridgehead atoms. The van der Waals surface area contributed by atoms with Crippen molar-refractivity contribution in [3.05, 3.63) is 40.6 Å². The maximum atomic E-state index is 13.2. The highest BCUT2D eigenvalue weighted by atomic mass is 32.2. The van der Waals surface area contributed by atoms with Gasteiger partial charge in [0.2, 0.25) is 10.0 Å². The molecule has 2 heterocycles. The van der Waals surface area contributed by atoms with Crippen LogP contribution in [0.15, 0.2) is 39.9 Å². The van der Waals surface area contributed by atoms with Crippen molar-refractivity contribution in [2.24, 2.45) is 0 Å². The first-order chi connectivity index (χ1) is 11.1. The van der Waals surface area contributed by atoms with Gasteiger partial charge in [-0.1, -0.05) is 0 Å². The van der Waals surface area contributed by atoms with Gasteiger partial charge in [0, 0.05) is 18.4 Å². The summed E-state index contributed by atoms with van der Waals surface area (Å²) in [7, 11) is -0.697. The van der Waals surface area contributed by atoms with E-state index in [2.05, 4.69) is 0 Å².